The first-order valence-corrected chi connectivity index (χ1v) is 10.8. The third kappa shape index (κ3) is 3.03. The highest BCUT2D eigenvalue weighted by molar-refractivity contribution is 6.31. The van der Waals surface area contributed by atoms with Gasteiger partial charge in [-0.2, -0.15) is 10.4 Å². The summed E-state index contributed by atoms with van der Waals surface area (Å²) in [5, 5.41) is 15.0. The van der Waals surface area contributed by atoms with Crippen LogP contribution in [0.3, 0.4) is 0 Å². The van der Waals surface area contributed by atoms with Gasteiger partial charge in [-0.1, -0.05) is 17.7 Å². The fourth-order valence-electron chi connectivity index (χ4n) is 4.53. The summed E-state index contributed by atoms with van der Waals surface area (Å²) < 4.78 is 15.8. The van der Waals surface area contributed by atoms with Gasteiger partial charge >= 0.3 is 0 Å². The van der Waals surface area contributed by atoms with Gasteiger partial charge in [0.25, 0.3) is 0 Å². The quantitative estimate of drug-likeness (QED) is 0.350. The molecule has 3 aromatic heterocycles. The zero-order chi connectivity index (χ0) is 22.7. The molecule has 1 aliphatic rings. The van der Waals surface area contributed by atoms with Crippen LogP contribution in [0.15, 0.2) is 55.0 Å². The smallest absolute Gasteiger partial charge is 0.142 e. The van der Waals surface area contributed by atoms with E-state index in [-0.39, 0.29) is 5.02 Å². The summed E-state index contributed by atoms with van der Waals surface area (Å²) in [6, 6.07) is 13.4. The zero-order valence-corrected chi connectivity index (χ0v) is 18.3. The number of anilines is 2. The third-order valence-electron chi connectivity index (χ3n) is 6.18. The Bertz CT molecular complexity index is 1630. The molecule has 0 spiro atoms. The van der Waals surface area contributed by atoms with E-state index in [0.29, 0.717) is 18.5 Å². The Kier molecular flexibility index (Phi) is 4.32. The molecule has 0 aliphatic carbocycles. The summed E-state index contributed by atoms with van der Waals surface area (Å²) >= 11 is 6.10. The maximum Gasteiger partial charge on any atom is 0.142 e. The summed E-state index contributed by atoms with van der Waals surface area (Å²) in [6.45, 7) is 0.621. The van der Waals surface area contributed by atoms with Crippen LogP contribution < -0.4 is 4.90 Å². The molecule has 5 aromatic rings. The van der Waals surface area contributed by atoms with E-state index in [1.54, 1.807) is 23.1 Å². The van der Waals surface area contributed by atoms with E-state index in [9.17, 15) is 9.65 Å². The maximum absolute atomic E-state index is 14.0. The number of halogens is 2. The summed E-state index contributed by atoms with van der Waals surface area (Å²) in [6.07, 6.45) is 5.81. The number of rotatable bonds is 2. The van der Waals surface area contributed by atoms with E-state index in [1.165, 1.54) is 6.07 Å². The van der Waals surface area contributed by atoms with Gasteiger partial charge in [-0.3, -0.25) is 14.6 Å². The lowest BCUT2D eigenvalue weighted by Crippen LogP contribution is -2.15. The monoisotopic (exact) mass is 454 g/mol. The lowest BCUT2D eigenvalue weighted by molar-refractivity contribution is 0.627. The van der Waals surface area contributed by atoms with Crippen molar-refractivity contribution in [2.24, 2.45) is 7.05 Å². The van der Waals surface area contributed by atoms with Crippen LogP contribution in [0.4, 0.5) is 15.8 Å². The molecule has 0 radical (unpaired) electrons. The van der Waals surface area contributed by atoms with Crippen LogP contribution in [0, 0.1) is 17.1 Å². The van der Waals surface area contributed by atoms with Crippen molar-refractivity contribution in [3.05, 3.63) is 77.0 Å². The van der Waals surface area contributed by atoms with Crippen LogP contribution in [0.2, 0.25) is 5.02 Å². The predicted molar refractivity (Wildman–Crippen MR) is 126 cm³/mol. The number of nitriles is 1. The van der Waals surface area contributed by atoms with Crippen molar-refractivity contribution in [2.75, 3.05) is 11.4 Å². The molecule has 6 nitrogen and oxygen atoms in total. The van der Waals surface area contributed by atoms with Gasteiger partial charge in [-0.15, -0.1) is 0 Å². The minimum atomic E-state index is -0.433. The van der Waals surface area contributed by atoms with Gasteiger partial charge in [0.2, 0.25) is 0 Å². The summed E-state index contributed by atoms with van der Waals surface area (Å²) in [7, 11) is 1.88. The molecular formula is C25H16ClFN6. The Morgan fingerprint density at radius 2 is 1.88 bits per heavy atom. The molecule has 33 heavy (non-hydrogen) atoms. The molecule has 0 saturated heterocycles. The normalized spacial score (nSPS) is 13.0. The first-order chi connectivity index (χ1) is 16.0. The van der Waals surface area contributed by atoms with Crippen LogP contribution in [-0.4, -0.2) is 26.3 Å². The fraction of sp³-hybridized carbons (Fsp3) is 0.120. The van der Waals surface area contributed by atoms with E-state index in [1.807, 2.05) is 42.4 Å². The van der Waals surface area contributed by atoms with Gasteiger partial charge in [0.15, 0.2) is 0 Å². The van der Waals surface area contributed by atoms with Gasteiger partial charge in [-0.05, 0) is 47.9 Å². The van der Waals surface area contributed by atoms with E-state index < -0.39 is 5.82 Å². The first kappa shape index (κ1) is 19.6. The Labute approximate surface area is 193 Å². The molecule has 0 fully saturated rings. The summed E-state index contributed by atoms with van der Waals surface area (Å²) in [4.78, 5) is 11.1. The number of aryl methyl sites for hydroxylation is 1. The Morgan fingerprint density at radius 3 is 2.73 bits per heavy atom. The van der Waals surface area contributed by atoms with Crippen LogP contribution in [0.1, 0.15) is 11.1 Å². The molecule has 0 N–H and O–H groups in total. The van der Waals surface area contributed by atoms with Crippen molar-refractivity contribution in [3.63, 3.8) is 0 Å². The van der Waals surface area contributed by atoms with E-state index >= 15 is 0 Å². The second kappa shape index (κ2) is 7.26. The lowest BCUT2D eigenvalue weighted by atomic mass is 10.0. The van der Waals surface area contributed by atoms with Crippen molar-refractivity contribution in [1.82, 2.24) is 19.7 Å². The van der Waals surface area contributed by atoms with E-state index in [4.69, 9.17) is 11.6 Å². The predicted octanol–water partition coefficient (Wildman–Crippen LogP) is 5.54. The number of pyridine rings is 2. The molecule has 8 heteroatoms. The van der Waals surface area contributed by atoms with Crippen LogP contribution in [-0.2, 0) is 13.5 Å². The highest BCUT2D eigenvalue weighted by Gasteiger charge is 2.26. The average molecular weight is 455 g/mol. The minimum absolute atomic E-state index is 0.0637. The van der Waals surface area contributed by atoms with E-state index in [0.717, 1.165) is 50.0 Å². The topological polar surface area (TPSA) is 70.6 Å². The summed E-state index contributed by atoms with van der Waals surface area (Å²) in [5.41, 5.74) is 7.30. The second-order valence-corrected chi connectivity index (χ2v) is 8.46. The Balaban J connectivity index is 1.57. The molecule has 0 bridgehead atoms. The standard InChI is InChI=1S/C25H16ClFN6/c1-32-24-8-16(11-30-22(24)13-31-32)14-2-3-21-18(6-14)25(17(10-28)12-29-21)33-5-4-15-7-20(27)19(26)9-23(15)33/h2-3,6-9,11-13H,4-5H2,1H3. The average Bonchev–Trinajstić information content (AvgIpc) is 3.41. The highest BCUT2D eigenvalue weighted by atomic mass is 35.5. The van der Waals surface area contributed by atoms with E-state index in [2.05, 4.69) is 21.1 Å². The van der Waals surface area contributed by atoms with Gasteiger partial charge in [0.05, 0.1) is 33.5 Å². The molecule has 160 valence electrons. The largest absolute Gasteiger partial charge is 0.339 e. The number of fused-ring (bicyclic) bond motifs is 3. The van der Waals surface area contributed by atoms with Crippen LogP contribution in [0.25, 0.3) is 33.1 Å². The third-order valence-corrected chi connectivity index (χ3v) is 6.47. The van der Waals surface area contributed by atoms with Crippen molar-refractivity contribution < 1.29 is 4.39 Å². The highest BCUT2D eigenvalue weighted by Crippen LogP contribution is 2.42. The van der Waals surface area contributed by atoms with Gasteiger partial charge in [0.1, 0.15) is 17.4 Å². The SMILES string of the molecule is Cn1ncc2ncc(-c3ccc4ncc(C#N)c(N5CCc6cc(F)c(Cl)cc65)c4c3)cc21. The fourth-order valence-corrected chi connectivity index (χ4v) is 4.69. The molecule has 0 amide bonds. The number of benzene rings is 2. The second-order valence-electron chi connectivity index (χ2n) is 8.06. The van der Waals surface area contributed by atoms with Crippen LogP contribution >= 0.6 is 11.6 Å². The molecule has 2 aromatic carbocycles. The Morgan fingerprint density at radius 1 is 1.03 bits per heavy atom. The van der Waals surface area contributed by atoms with Crippen molar-refractivity contribution in [3.8, 4) is 17.2 Å². The van der Waals surface area contributed by atoms with Crippen LogP contribution in [0.5, 0.6) is 0 Å². The van der Waals surface area contributed by atoms with Crippen molar-refractivity contribution in [2.45, 2.75) is 6.42 Å². The Hall–Kier alpha value is -4.02. The van der Waals surface area contributed by atoms with Gasteiger partial charge in [0, 0.05) is 42.6 Å². The molecule has 0 saturated carbocycles. The summed E-state index contributed by atoms with van der Waals surface area (Å²) in [5.74, 6) is -0.433. The number of nitrogens with zero attached hydrogens (tertiary/aromatic N) is 6. The van der Waals surface area contributed by atoms with Gasteiger partial charge < -0.3 is 4.90 Å². The van der Waals surface area contributed by atoms with Crippen molar-refractivity contribution >= 4 is 44.9 Å². The molecular weight excluding hydrogens is 439 g/mol. The minimum Gasteiger partial charge on any atom is -0.339 e. The van der Waals surface area contributed by atoms with Crippen molar-refractivity contribution in [1.29, 1.82) is 5.26 Å². The number of hydrogen-bond acceptors (Lipinski definition) is 5. The molecule has 6 rings (SSSR count). The lowest BCUT2D eigenvalue weighted by Gasteiger charge is -2.23. The maximum atomic E-state index is 14.0. The number of hydrogen-bond donors (Lipinski definition) is 0. The molecule has 0 atom stereocenters. The van der Waals surface area contributed by atoms with Gasteiger partial charge in [-0.25, -0.2) is 4.39 Å². The molecule has 1 aliphatic heterocycles. The molecule has 4 heterocycles. The first-order valence-electron chi connectivity index (χ1n) is 10.4. The zero-order valence-electron chi connectivity index (χ0n) is 17.5. The number of aromatic nitrogens is 4. The molecule has 0 unspecified atom stereocenters.